The lowest BCUT2D eigenvalue weighted by Gasteiger charge is -2.33. The molecule has 1 aromatic rings. The molecule has 1 saturated heterocycles. The highest BCUT2D eigenvalue weighted by atomic mass is 35.5. The van der Waals surface area contributed by atoms with Crippen LogP contribution < -0.4 is 5.32 Å². The summed E-state index contributed by atoms with van der Waals surface area (Å²) in [5, 5.41) is 14.8. The van der Waals surface area contributed by atoms with Crippen LogP contribution in [0.1, 0.15) is 12.5 Å². The Morgan fingerprint density at radius 1 is 1.58 bits per heavy atom. The van der Waals surface area contributed by atoms with Crippen LogP contribution in [0.25, 0.3) is 0 Å². The van der Waals surface area contributed by atoms with Gasteiger partial charge in [0.25, 0.3) is 5.69 Å². The fourth-order valence-corrected chi connectivity index (χ4v) is 2.39. The van der Waals surface area contributed by atoms with Crippen molar-refractivity contribution in [1.29, 1.82) is 0 Å². The first-order valence-corrected chi connectivity index (χ1v) is 6.33. The van der Waals surface area contributed by atoms with E-state index in [1.807, 2.05) is 0 Å². The number of rotatable bonds is 3. The van der Waals surface area contributed by atoms with Gasteiger partial charge in [0.1, 0.15) is 0 Å². The zero-order valence-corrected chi connectivity index (χ0v) is 12.2. The fraction of sp³-hybridized carbons (Fsp3) is 0.500. The average Bonchev–Trinajstić information content (AvgIpc) is 2.32. The second-order valence-electron chi connectivity index (χ2n) is 4.55. The predicted octanol–water partition coefficient (Wildman–Crippen LogP) is 2.46. The highest BCUT2D eigenvalue weighted by molar-refractivity contribution is 6.30. The van der Waals surface area contributed by atoms with Crippen molar-refractivity contribution in [3.05, 3.63) is 38.9 Å². The van der Waals surface area contributed by atoms with Gasteiger partial charge in [0, 0.05) is 48.9 Å². The van der Waals surface area contributed by atoms with Gasteiger partial charge in [-0.1, -0.05) is 11.6 Å². The minimum Gasteiger partial charge on any atom is -0.314 e. The largest absolute Gasteiger partial charge is 0.314 e. The summed E-state index contributed by atoms with van der Waals surface area (Å²) in [6, 6.07) is 5.10. The molecule has 0 bridgehead atoms. The van der Waals surface area contributed by atoms with Gasteiger partial charge in [0.15, 0.2) is 0 Å². The second kappa shape index (κ2) is 7.05. The van der Waals surface area contributed by atoms with Crippen LogP contribution in [0.4, 0.5) is 5.69 Å². The lowest BCUT2D eigenvalue weighted by Crippen LogP contribution is -2.49. The summed E-state index contributed by atoms with van der Waals surface area (Å²) in [4.78, 5) is 12.9. The van der Waals surface area contributed by atoms with Crippen molar-refractivity contribution < 1.29 is 4.92 Å². The van der Waals surface area contributed by atoms with Gasteiger partial charge in [0.05, 0.1) is 4.92 Å². The molecule has 0 aromatic heterocycles. The van der Waals surface area contributed by atoms with Crippen molar-refractivity contribution in [2.45, 2.75) is 19.5 Å². The van der Waals surface area contributed by atoms with Crippen LogP contribution in [0.2, 0.25) is 5.02 Å². The molecule has 1 N–H and O–H groups in total. The summed E-state index contributed by atoms with van der Waals surface area (Å²) in [7, 11) is 0. The fourth-order valence-electron chi connectivity index (χ4n) is 2.20. The van der Waals surface area contributed by atoms with E-state index < -0.39 is 0 Å². The monoisotopic (exact) mass is 305 g/mol. The third kappa shape index (κ3) is 4.04. The van der Waals surface area contributed by atoms with Crippen LogP contribution in [-0.4, -0.2) is 35.5 Å². The van der Waals surface area contributed by atoms with E-state index in [9.17, 15) is 10.1 Å². The molecular formula is C12H17Cl2N3O2. The topological polar surface area (TPSA) is 58.4 Å². The van der Waals surface area contributed by atoms with E-state index in [4.69, 9.17) is 11.6 Å². The van der Waals surface area contributed by atoms with Crippen molar-refractivity contribution in [3.63, 3.8) is 0 Å². The minimum absolute atomic E-state index is 0. The first kappa shape index (κ1) is 16.2. The molecule has 0 amide bonds. The number of hydrogen-bond donors (Lipinski definition) is 1. The Bertz CT molecular complexity index is 457. The standard InChI is InChI=1S/C12H16ClN3O2.ClH/c1-9-7-14-4-5-15(9)8-10-6-11(13)2-3-12(10)16(17)18;/h2-3,6,9,14H,4-5,7-8H2,1H3;1H. The van der Waals surface area contributed by atoms with Gasteiger partial charge >= 0.3 is 0 Å². The van der Waals surface area contributed by atoms with E-state index in [1.165, 1.54) is 6.07 Å². The van der Waals surface area contributed by atoms with E-state index in [2.05, 4.69) is 17.1 Å². The highest BCUT2D eigenvalue weighted by Gasteiger charge is 2.22. The van der Waals surface area contributed by atoms with Gasteiger partial charge in [-0.25, -0.2) is 0 Å². The minimum atomic E-state index is -0.349. The van der Waals surface area contributed by atoms with Crippen LogP contribution in [0.5, 0.6) is 0 Å². The zero-order chi connectivity index (χ0) is 13.1. The molecule has 7 heteroatoms. The van der Waals surface area contributed by atoms with Gasteiger partial charge in [-0.15, -0.1) is 12.4 Å². The molecule has 5 nitrogen and oxygen atoms in total. The third-order valence-corrected chi connectivity index (χ3v) is 3.49. The maximum Gasteiger partial charge on any atom is 0.273 e. The Labute approximate surface area is 123 Å². The Hall–Kier alpha value is -0.880. The zero-order valence-electron chi connectivity index (χ0n) is 10.6. The summed E-state index contributed by atoms with van der Waals surface area (Å²) in [6.07, 6.45) is 0. The smallest absolute Gasteiger partial charge is 0.273 e. The number of nitrogens with zero attached hydrogens (tertiary/aromatic N) is 2. The van der Waals surface area contributed by atoms with Crippen LogP contribution in [0.3, 0.4) is 0 Å². The third-order valence-electron chi connectivity index (χ3n) is 3.25. The molecule has 1 aliphatic heterocycles. The normalized spacial score (nSPS) is 19.8. The summed E-state index contributed by atoms with van der Waals surface area (Å²) in [6.45, 7) is 5.40. The summed E-state index contributed by atoms with van der Waals surface area (Å²) < 4.78 is 0. The predicted molar refractivity (Wildman–Crippen MR) is 78.1 cm³/mol. The number of nitrogens with one attached hydrogen (secondary N) is 1. The van der Waals surface area contributed by atoms with Crippen molar-refractivity contribution >= 4 is 29.7 Å². The number of halogens is 2. The second-order valence-corrected chi connectivity index (χ2v) is 4.99. The Morgan fingerprint density at radius 2 is 2.32 bits per heavy atom. The molecule has 0 spiro atoms. The van der Waals surface area contributed by atoms with Gasteiger partial charge in [0.2, 0.25) is 0 Å². The number of nitro groups is 1. The van der Waals surface area contributed by atoms with Crippen LogP contribution in [0.15, 0.2) is 18.2 Å². The summed E-state index contributed by atoms with van der Waals surface area (Å²) in [5.74, 6) is 0. The van der Waals surface area contributed by atoms with E-state index >= 15 is 0 Å². The molecule has 1 unspecified atom stereocenters. The van der Waals surface area contributed by atoms with Crippen LogP contribution >= 0.6 is 24.0 Å². The van der Waals surface area contributed by atoms with Gasteiger partial charge in [-0.3, -0.25) is 15.0 Å². The maximum atomic E-state index is 11.0. The van der Waals surface area contributed by atoms with E-state index in [0.717, 1.165) is 19.6 Å². The lowest BCUT2D eigenvalue weighted by molar-refractivity contribution is -0.385. The average molecular weight is 306 g/mol. The molecule has 19 heavy (non-hydrogen) atoms. The quantitative estimate of drug-likeness (QED) is 0.688. The number of benzene rings is 1. The van der Waals surface area contributed by atoms with Crippen molar-refractivity contribution in [2.75, 3.05) is 19.6 Å². The van der Waals surface area contributed by atoms with Crippen molar-refractivity contribution in [2.24, 2.45) is 0 Å². The highest BCUT2D eigenvalue weighted by Crippen LogP contribution is 2.24. The first-order chi connectivity index (χ1) is 8.58. The van der Waals surface area contributed by atoms with E-state index in [1.54, 1.807) is 12.1 Å². The van der Waals surface area contributed by atoms with Gasteiger partial charge in [-0.2, -0.15) is 0 Å². The molecular weight excluding hydrogens is 289 g/mol. The van der Waals surface area contributed by atoms with Crippen molar-refractivity contribution in [3.8, 4) is 0 Å². The first-order valence-electron chi connectivity index (χ1n) is 5.95. The Balaban J connectivity index is 0.00000180. The van der Waals surface area contributed by atoms with Gasteiger partial charge in [-0.05, 0) is 19.1 Å². The number of hydrogen-bond acceptors (Lipinski definition) is 4. The number of nitro benzene ring substituents is 1. The molecule has 1 aromatic carbocycles. The van der Waals surface area contributed by atoms with Crippen molar-refractivity contribution in [1.82, 2.24) is 10.2 Å². The maximum absolute atomic E-state index is 11.0. The lowest BCUT2D eigenvalue weighted by atomic mass is 10.1. The van der Waals surface area contributed by atoms with Crippen LogP contribution in [-0.2, 0) is 6.54 Å². The number of piperazine rings is 1. The SMILES string of the molecule is CC1CNCCN1Cc1cc(Cl)ccc1[N+](=O)[O-].Cl. The molecule has 1 heterocycles. The molecule has 0 saturated carbocycles. The van der Waals surface area contributed by atoms with E-state index in [-0.39, 0.29) is 23.0 Å². The molecule has 0 radical (unpaired) electrons. The molecule has 106 valence electrons. The molecule has 1 atom stereocenters. The van der Waals surface area contributed by atoms with Gasteiger partial charge < -0.3 is 5.32 Å². The molecule has 2 rings (SSSR count). The molecule has 0 aliphatic carbocycles. The Kier molecular flexibility index (Phi) is 6.00. The summed E-state index contributed by atoms with van der Waals surface area (Å²) >= 11 is 5.92. The van der Waals surface area contributed by atoms with E-state index in [0.29, 0.717) is 23.2 Å². The van der Waals surface area contributed by atoms with Crippen LogP contribution in [0, 0.1) is 10.1 Å². The Morgan fingerprint density at radius 3 is 2.95 bits per heavy atom. The summed E-state index contributed by atoms with van der Waals surface area (Å²) in [5.41, 5.74) is 0.825. The molecule has 1 aliphatic rings. The molecule has 1 fully saturated rings.